The first-order valence-electron chi connectivity index (χ1n) is 11.7. The lowest BCUT2D eigenvalue weighted by Crippen LogP contribution is -2.40. The smallest absolute Gasteiger partial charge is 0.259 e. The fourth-order valence-corrected chi connectivity index (χ4v) is 4.92. The van der Waals surface area contributed by atoms with Crippen LogP contribution in [0.4, 0.5) is 11.8 Å². The second kappa shape index (κ2) is 9.42. The highest BCUT2D eigenvalue weighted by Crippen LogP contribution is 2.28. The lowest BCUT2D eigenvalue weighted by molar-refractivity contribution is 0.0980. The molecule has 0 bridgehead atoms. The molecule has 1 aliphatic carbocycles. The number of carbonyl (C=O) groups excluding carboxylic acids is 1. The maximum atomic E-state index is 13.7. The van der Waals surface area contributed by atoms with E-state index < -0.39 is 0 Å². The van der Waals surface area contributed by atoms with Gasteiger partial charge in [0.05, 0.1) is 18.8 Å². The number of carbonyl (C=O) groups is 1. The fraction of sp³-hybridized carbons (Fsp3) is 0.542. The summed E-state index contributed by atoms with van der Waals surface area (Å²) in [6, 6.07) is 7.45. The van der Waals surface area contributed by atoms with Crippen LogP contribution in [0.2, 0.25) is 0 Å². The Morgan fingerprint density at radius 2 is 2.09 bits per heavy atom. The second-order valence-corrected chi connectivity index (χ2v) is 9.02. The van der Waals surface area contributed by atoms with Crippen LogP contribution in [0, 0.1) is 5.92 Å². The maximum Gasteiger partial charge on any atom is 0.259 e. The van der Waals surface area contributed by atoms with E-state index in [9.17, 15) is 9.90 Å². The van der Waals surface area contributed by atoms with Crippen LogP contribution in [0.25, 0.3) is 0 Å². The molecule has 2 aromatic rings. The van der Waals surface area contributed by atoms with Gasteiger partial charge in [-0.25, -0.2) is 4.98 Å². The molecule has 1 aromatic heterocycles. The Morgan fingerprint density at radius 3 is 2.91 bits per heavy atom. The number of nitrogens with zero attached hydrogens (tertiary/aromatic N) is 3. The molecule has 3 N–H and O–H groups in total. The molecule has 2 aliphatic heterocycles. The van der Waals surface area contributed by atoms with Gasteiger partial charge >= 0.3 is 0 Å². The van der Waals surface area contributed by atoms with Crippen molar-refractivity contribution in [3.8, 4) is 5.75 Å². The van der Waals surface area contributed by atoms with Crippen LogP contribution in [0.1, 0.15) is 48.0 Å². The van der Waals surface area contributed by atoms with Gasteiger partial charge in [-0.15, -0.1) is 0 Å². The number of amides is 1. The van der Waals surface area contributed by atoms with Crippen LogP contribution in [0.15, 0.2) is 30.5 Å². The van der Waals surface area contributed by atoms with Gasteiger partial charge in [-0.3, -0.25) is 9.69 Å². The second-order valence-electron chi connectivity index (χ2n) is 9.02. The number of ether oxygens (including phenoxy) is 1. The summed E-state index contributed by atoms with van der Waals surface area (Å²) in [5.41, 5.74) is 1.74. The summed E-state index contributed by atoms with van der Waals surface area (Å²) >= 11 is 0. The number of hydrogen-bond acceptors (Lipinski definition) is 7. The summed E-state index contributed by atoms with van der Waals surface area (Å²) in [5.74, 6) is 2.29. The van der Waals surface area contributed by atoms with E-state index in [2.05, 4.69) is 20.6 Å². The Morgan fingerprint density at radius 1 is 1.22 bits per heavy atom. The zero-order chi connectivity index (χ0) is 21.9. The predicted octanol–water partition coefficient (Wildman–Crippen LogP) is 2.38. The van der Waals surface area contributed by atoms with Gasteiger partial charge in [0.15, 0.2) is 0 Å². The number of anilines is 2. The molecule has 3 heterocycles. The van der Waals surface area contributed by atoms with E-state index in [1.54, 1.807) is 17.2 Å². The molecular weight excluding hydrogens is 406 g/mol. The van der Waals surface area contributed by atoms with Gasteiger partial charge in [0.25, 0.3) is 5.91 Å². The molecule has 0 radical (unpaired) electrons. The number of nitrogens with one attached hydrogen (secondary N) is 2. The molecule has 2 atom stereocenters. The molecule has 1 aromatic carbocycles. The highest BCUT2D eigenvalue weighted by molar-refractivity contribution is 6.05. The average Bonchev–Trinajstić information content (AvgIpc) is 3.46. The van der Waals surface area contributed by atoms with Gasteiger partial charge in [0.1, 0.15) is 11.6 Å². The Bertz CT molecular complexity index is 962. The van der Waals surface area contributed by atoms with Crippen LogP contribution in [-0.4, -0.2) is 59.4 Å². The van der Waals surface area contributed by atoms with E-state index in [1.165, 1.54) is 0 Å². The largest absolute Gasteiger partial charge is 0.493 e. The zero-order valence-electron chi connectivity index (χ0n) is 18.3. The van der Waals surface area contributed by atoms with Gasteiger partial charge in [-0.05, 0) is 80.9 Å². The molecule has 1 amide bonds. The Balaban J connectivity index is 1.41. The lowest BCUT2D eigenvalue weighted by atomic mass is 9.97. The van der Waals surface area contributed by atoms with E-state index in [-0.39, 0.29) is 18.1 Å². The summed E-state index contributed by atoms with van der Waals surface area (Å²) in [5, 5.41) is 16.8. The van der Waals surface area contributed by atoms with E-state index >= 15 is 0 Å². The van der Waals surface area contributed by atoms with Gasteiger partial charge < -0.3 is 20.5 Å². The first-order valence-corrected chi connectivity index (χ1v) is 11.7. The summed E-state index contributed by atoms with van der Waals surface area (Å²) in [6.07, 6.45) is 6.87. The molecule has 3 aliphatic rings. The van der Waals surface area contributed by atoms with Crippen LogP contribution in [0.3, 0.4) is 0 Å². The quantitative estimate of drug-likeness (QED) is 0.638. The van der Waals surface area contributed by atoms with Crippen LogP contribution < -0.4 is 20.3 Å². The SMILES string of the molecule is O=C(c1ccc2c(c1)CCO2)N(CC1CCNCC1)c1ccnc(NC2CCC[C@@H]2O)n1. The van der Waals surface area contributed by atoms with Crippen molar-refractivity contribution in [3.63, 3.8) is 0 Å². The minimum atomic E-state index is -0.386. The number of hydrogen-bond donors (Lipinski definition) is 3. The summed E-state index contributed by atoms with van der Waals surface area (Å²) in [6.45, 7) is 3.23. The highest BCUT2D eigenvalue weighted by Gasteiger charge is 2.28. The average molecular weight is 438 g/mol. The molecular formula is C24H31N5O3. The van der Waals surface area contributed by atoms with E-state index in [1.807, 2.05) is 18.2 Å². The van der Waals surface area contributed by atoms with Crippen molar-refractivity contribution in [2.45, 2.75) is 50.7 Å². The standard InChI is InChI=1S/C24H31N5O3/c30-20-3-1-2-19(20)27-24-26-12-8-22(28-24)29(15-16-6-10-25-11-7-16)23(31)18-4-5-21-17(14-18)9-13-32-21/h4-5,8,12,14,16,19-20,25,30H,1-3,6-7,9-11,13,15H2,(H,26,27,28)/t19?,20-/m0/s1. The lowest BCUT2D eigenvalue weighted by Gasteiger charge is -2.30. The molecule has 2 fully saturated rings. The van der Waals surface area contributed by atoms with Gasteiger partial charge in [0, 0.05) is 24.7 Å². The first-order chi connectivity index (χ1) is 15.7. The monoisotopic (exact) mass is 437 g/mol. The summed E-state index contributed by atoms with van der Waals surface area (Å²) in [4.78, 5) is 24.5. The van der Waals surface area contributed by atoms with Crippen molar-refractivity contribution in [1.29, 1.82) is 0 Å². The topological polar surface area (TPSA) is 99.6 Å². The zero-order valence-corrected chi connectivity index (χ0v) is 18.3. The molecule has 1 unspecified atom stereocenters. The van der Waals surface area contributed by atoms with E-state index in [0.717, 1.165) is 62.9 Å². The molecule has 32 heavy (non-hydrogen) atoms. The number of piperidine rings is 1. The number of rotatable bonds is 6. The predicted molar refractivity (Wildman–Crippen MR) is 122 cm³/mol. The van der Waals surface area contributed by atoms with Crippen molar-refractivity contribution in [1.82, 2.24) is 15.3 Å². The molecule has 8 heteroatoms. The molecule has 1 saturated heterocycles. The number of fused-ring (bicyclic) bond motifs is 1. The molecule has 8 nitrogen and oxygen atoms in total. The van der Waals surface area contributed by atoms with Gasteiger partial charge in [-0.2, -0.15) is 4.98 Å². The first kappa shape index (κ1) is 21.2. The number of benzene rings is 1. The van der Waals surface area contributed by atoms with E-state index in [4.69, 9.17) is 4.74 Å². The van der Waals surface area contributed by atoms with Crippen molar-refractivity contribution in [2.75, 3.05) is 36.5 Å². The third kappa shape index (κ3) is 4.56. The fourth-order valence-electron chi connectivity index (χ4n) is 4.92. The van der Waals surface area contributed by atoms with Crippen LogP contribution in [0.5, 0.6) is 5.75 Å². The highest BCUT2D eigenvalue weighted by atomic mass is 16.5. The number of aliphatic hydroxyl groups is 1. The molecule has 170 valence electrons. The summed E-state index contributed by atoms with van der Waals surface area (Å²) < 4.78 is 5.61. The molecule has 0 spiro atoms. The Labute approximate surface area is 188 Å². The van der Waals surface area contributed by atoms with Crippen LogP contribution in [-0.2, 0) is 6.42 Å². The number of aliphatic hydroxyl groups excluding tert-OH is 1. The van der Waals surface area contributed by atoms with Gasteiger partial charge in [0.2, 0.25) is 5.95 Å². The summed E-state index contributed by atoms with van der Waals surface area (Å²) in [7, 11) is 0. The van der Waals surface area contributed by atoms with Crippen molar-refractivity contribution in [3.05, 3.63) is 41.6 Å². The van der Waals surface area contributed by atoms with E-state index in [0.29, 0.717) is 36.4 Å². The minimum Gasteiger partial charge on any atom is -0.493 e. The Kier molecular flexibility index (Phi) is 6.23. The molecule has 5 rings (SSSR count). The minimum absolute atomic E-state index is 0.0458. The van der Waals surface area contributed by atoms with Crippen molar-refractivity contribution in [2.24, 2.45) is 5.92 Å². The molecule has 1 saturated carbocycles. The van der Waals surface area contributed by atoms with Crippen LogP contribution >= 0.6 is 0 Å². The Hall–Kier alpha value is -2.71. The van der Waals surface area contributed by atoms with Crippen molar-refractivity contribution < 1.29 is 14.6 Å². The normalized spacial score (nSPS) is 22.9. The van der Waals surface area contributed by atoms with Gasteiger partial charge in [-0.1, -0.05) is 0 Å². The maximum absolute atomic E-state index is 13.7. The third-order valence-corrected chi connectivity index (χ3v) is 6.79. The third-order valence-electron chi connectivity index (χ3n) is 6.79. The van der Waals surface area contributed by atoms with Crippen molar-refractivity contribution >= 4 is 17.7 Å². The number of aromatic nitrogens is 2.